The average Bonchev–Trinajstić information content (AvgIpc) is 2.41. The molecule has 0 saturated heterocycles. The lowest BCUT2D eigenvalue weighted by Gasteiger charge is -2.17. The van der Waals surface area contributed by atoms with Gasteiger partial charge in [-0.25, -0.2) is 0 Å². The van der Waals surface area contributed by atoms with Crippen LogP contribution in [0.15, 0.2) is 35.3 Å². The summed E-state index contributed by atoms with van der Waals surface area (Å²) in [6.45, 7) is 5.25. The minimum Gasteiger partial charge on any atom is -0.588 e. The quantitative estimate of drug-likeness (QED) is 0.265. The largest absolute Gasteiger partial charge is 0.588 e. The van der Waals surface area contributed by atoms with Gasteiger partial charge in [-0.2, -0.15) is 0 Å². The highest BCUT2D eigenvalue weighted by molar-refractivity contribution is 5.74. The first-order chi connectivity index (χ1) is 9.52. The van der Waals surface area contributed by atoms with Crippen molar-refractivity contribution in [2.24, 2.45) is 5.11 Å². The number of rotatable bonds is 5. The molecule has 0 aliphatic rings. The van der Waals surface area contributed by atoms with Gasteiger partial charge in [-0.1, -0.05) is 17.7 Å². The maximum absolute atomic E-state index is 11.3. The zero-order valence-corrected chi connectivity index (χ0v) is 11.6. The number of carbonyl (C=O) groups excluding carboxylic acids is 1. The first-order valence-electron chi connectivity index (χ1n) is 6.13. The molecule has 0 bridgehead atoms. The van der Waals surface area contributed by atoms with Crippen LogP contribution in [-0.4, -0.2) is 29.3 Å². The van der Waals surface area contributed by atoms with Gasteiger partial charge >= 0.3 is 11.8 Å². The molecule has 0 aliphatic heterocycles. The molecule has 1 rings (SSSR count). The van der Waals surface area contributed by atoms with E-state index in [2.05, 4.69) is 15.8 Å². The van der Waals surface area contributed by atoms with Gasteiger partial charge in [0.05, 0.1) is 6.61 Å². The molecule has 106 valence electrons. The highest BCUT2D eigenvalue weighted by atomic mass is 16.6. The third-order valence-corrected chi connectivity index (χ3v) is 2.24. The van der Waals surface area contributed by atoms with Gasteiger partial charge in [0.1, 0.15) is 21.7 Å². The molecule has 1 aromatic carbocycles. The number of hydrogen-bond acceptors (Lipinski definition) is 5. The van der Waals surface area contributed by atoms with Gasteiger partial charge in [-0.3, -0.25) is 4.79 Å². The number of ether oxygens (including phenoxy) is 2. The van der Waals surface area contributed by atoms with E-state index in [9.17, 15) is 9.90 Å². The zero-order chi connectivity index (χ0) is 15.0. The fourth-order valence-electron chi connectivity index (χ4n) is 1.23. The normalized spacial score (nSPS) is 10.8. The third-order valence-electron chi connectivity index (χ3n) is 2.24. The van der Waals surface area contributed by atoms with E-state index in [-0.39, 0.29) is 6.61 Å². The van der Waals surface area contributed by atoms with Crippen LogP contribution in [-0.2, 0) is 14.3 Å². The van der Waals surface area contributed by atoms with Crippen LogP contribution in [0.3, 0.4) is 0 Å². The van der Waals surface area contributed by atoms with Crippen LogP contribution in [0.1, 0.15) is 19.4 Å². The van der Waals surface area contributed by atoms with Crippen LogP contribution in [0.25, 0.3) is 0 Å². The Morgan fingerprint density at radius 2 is 2.10 bits per heavy atom. The number of nitrogens with zero attached hydrogens (tertiary/aromatic N) is 2. The lowest BCUT2D eigenvalue weighted by molar-refractivity contribution is -0.359. The molecule has 20 heavy (non-hydrogen) atoms. The van der Waals surface area contributed by atoms with Crippen molar-refractivity contribution < 1.29 is 24.2 Å². The Morgan fingerprint density at radius 3 is 2.70 bits per heavy atom. The van der Waals surface area contributed by atoms with Crippen molar-refractivity contribution in [3.05, 3.63) is 35.8 Å². The Kier molecular flexibility index (Phi) is 6.04. The maximum Gasteiger partial charge on any atom is 0.376 e. The van der Waals surface area contributed by atoms with Crippen LogP contribution in [0.5, 0.6) is 0 Å². The first kappa shape index (κ1) is 15.5. The molecule has 0 aliphatic carbocycles. The molecule has 0 aromatic heterocycles. The summed E-state index contributed by atoms with van der Waals surface area (Å²) >= 11 is 0. The number of benzene rings is 1. The van der Waals surface area contributed by atoms with Crippen LogP contribution in [0.4, 0.5) is 5.69 Å². The number of esters is 1. The van der Waals surface area contributed by atoms with Gasteiger partial charge in [0.25, 0.3) is 0 Å². The summed E-state index contributed by atoms with van der Waals surface area (Å²) in [7, 11) is 0. The molecule has 1 aromatic rings. The van der Waals surface area contributed by atoms with Crippen molar-refractivity contribution in [2.75, 3.05) is 6.61 Å². The second-order valence-electron chi connectivity index (χ2n) is 3.95. The second kappa shape index (κ2) is 7.79. The molecule has 6 nitrogen and oxygen atoms in total. The van der Waals surface area contributed by atoms with E-state index in [0.29, 0.717) is 5.69 Å². The van der Waals surface area contributed by atoms with Crippen LogP contribution >= 0.6 is 0 Å². The molecular weight excluding hydrogens is 260 g/mol. The predicted octanol–water partition coefficient (Wildman–Crippen LogP) is 1.13. The standard InChI is InChI=1S/C14H16N2O4/c1-4-19-14(18)11(3)20-13(17)9-15-16-12-7-5-10(2)6-8-12/h5-8,11H,4H2,1-3H3/t11-/m0/s1. The van der Waals surface area contributed by atoms with Crippen molar-refractivity contribution in [3.63, 3.8) is 0 Å². The first-order valence-corrected chi connectivity index (χ1v) is 6.13. The Hall–Kier alpha value is -2.55. The molecule has 0 fully saturated rings. The topological polar surface area (TPSA) is 85.0 Å². The molecule has 0 heterocycles. The lowest BCUT2D eigenvalue weighted by atomic mass is 10.2. The summed E-state index contributed by atoms with van der Waals surface area (Å²) in [6, 6.07) is 7.26. The van der Waals surface area contributed by atoms with Crippen molar-refractivity contribution >= 4 is 17.5 Å². The van der Waals surface area contributed by atoms with E-state index in [4.69, 9.17) is 9.47 Å². The van der Waals surface area contributed by atoms with E-state index in [0.717, 1.165) is 5.56 Å². The molecule has 0 radical (unpaired) electrons. The van der Waals surface area contributed by atoms with Crippen LogP contribution in [0, 0.1) is 6.92 Å². The monoisotopic (exact) mass is 276 g/mol. The molecule has 0 amide bonds. The van der Waals surface area contributed by atoms with Crippen molar-refractivity contribution in [3.8, 4) is 0 Å². The zero-order valence-electron chi connectivity index (χ0n) is 11.6. The van der Waals surface area contributed by atoms with Gasteiger partial charge in [0.15, 0.2) is 5.95 Å². The van der Waals surface area contributed by atoms with E-state index >= 15 is 0 Å². The summed E-state index contributed by atoms with van der Waals surface area (Å²) in [5, 5.41) is 15.1. The number of carbonyl (C=O) groups is 1. The lowest BCUT2D eigenvalue weighted by Crippen LogP contribution is -2.26. The summed E-state index contributed by atoms with van der Waals surface area (Å²) in [5.41, 5.74) is 1.69. The summed E-state index contributed by atoms with van der Waals surface area (Å²) in [4.78, 5) is 14.7. The molecule has 6 heteroatoms. The predicted molar refractivity (Wildman–Crippen MR) is 69.2 cm³/mol. The Labute approximate surface area is 117 Å². The third kappa shape index (κ3) is 5.40. The van der Waals surface area contributed by atoms with Gasteiger partial charge in [0.2, 0.25) is 0 Å². The van der Waals surface area contributed by atoms with E-state index in [1.807, 2.05) is 19.1 Å². The Bertz CT molecular complexity index is 553. The molecule has 0 spiro atoms. The summed E-state index contributed by atoms with van der Waals surface area (Å²) < 4.78 is 9.43. The maximum atomic E-state index is 11.3. The number of hydrogen-bond donors (Lipinski definition) is 0. The molecular formula is C14H16N2O4. The van der Waals surface area contributed by atoms with Crippen LogP contribution in [0.2, 0.25) is 0 Å². The highest BCUT2D eigenvalue weighted by Crippen LogP contribution is 2.10. The Morgan fingerprint density at radius 1 is 1.45 bits per heavy atom. The van der Waals surface area contributed by atoms with Crippen molar-refractivity contribution in [2.45, 2.75) is 26.9 Å². The van der Waals surface area contributed by atoms with Crippen LogP contribution < -0.4 is 5.11 Å². The van der Waals surface area contributed by atoms with Gasteiger partial charge < -0.3 is 14.6 Å². The van der Waals surface area contributed by atoms with E-state index < -0.39 is 18.0 Å². The van der Waals surface area contributed by atoms with E-state index in [1.54, 1.807) is 19.1 Å². The fourth-order valence-corrected chi connectivity index (χ4v) is 1.23. The van der Waals surface area contributed by atoms with Gasteiger partial charge in [-0.15, -0.1) is 0 Å². The molecule has 0 saturated carbocycles. The highest BCUT2D eigenvalue weighted by Gasteiger charge is 2.10. The molecule has 0 N–H and O–H groups in total. The van der Waals surface area contributed by atoms with E-state index in [1.165, 1.54) is 6.92 Å². The minimum atomic E-state index is -0.996. The van der Waals surface area contributed by atoms with Gasteiger partial charge in [-0.05, 0) is 32.9 Å². The van der Waals surface area contributed by atoms with Gasteiger partial charge in [0, 0.05) is 0 Å². The minimum absolute atomic E-state index is 0.223. The molecule has 1 atom stereocenters. The average molecular weight is 276 g/mol. The fraction of sp³-hybridized carbons (Fsp3) is 0.357. The summed E-state index contributed by atoms with van der Waals surface area (Å²) in [5.74, 6) is 0.577. The SMILES string of the molecule is CCOC(=O)[C@H](C)OC([O-])=C=[N+]=Nc1ccc(C)cc1. The Balaban J connectivity index is 2.70. The van der Waals surface area contributed by atoms with Crippen molar-refractivity contribution in [1.29, 1.82) is 0 Å². The second-order valence-corrected chi connectivity index (χ2v) is 3.95. The molecule has 0 unspecified atom stereocenters. The number of aryl methyl sites for hydroxylation is 1. The summed E-state index contributed by atoms with van der Waals surface area (Å²) in [6.07, 6.45) is -0.996. The van der Waals surface area contributed by atoms with Crippen molar-refractivity contribution in [1.82, 2.24) is 0 Å². The smallest absolute Gasteiger partial charge is 0.376 e.